The quantitative estimate of drug-likeness (QED) is 0.536. The SMILES string of the molecule is CCC1(F)Oc2cccc(Cn3c(C(F)(F)F)nc4cc(N)ccc43)c2O1. The molecular weight excluding hydrogens is 366 g/mol. The van der Waals surface area contributed by atoms with E-state index in [9.17, 15) is 17.6 Å². The van der Waals surface area contributed by atoms with E-state index < -0.39 is 18.0 Å². The third-order valence-electron chi connectivity index (χ3n) is 4.35. The second-order valence-electron chi connectivity index (χ2n) is 6.23. The summed E-state index contributed by atoms with van der Waals surface area (Å²) in [7, 11) is 0. The first-order chi connectivity index (χ1) is 12.7. The predicted octanol–water partition coefficient (Wildman–Crippen LogP) is 4.49. The van der Waals surface area contributed by atoms with Gasteiger partial charge in [-0.25, -0.2) is 4.98 Å². The van der Waals surface area contributed by atoms with Crippen LogP contribution >= 0.6 is 0 Å². The van der Waals surface area contributed by atoms with Crippen molar-refractivity contribution in [1.82, 2.24) is 9.55 Å². The lowest BCUT2D eigenvalue weighted by Gasteiger charge is -2.16. The average Bonchev–Trinajstić information content (AvgIpc) is 3.13. The highest BCUT2D eigenvalue weighted by molar-refractivity contribution is 5.80. The van der Waals surface area contributed by atoms with Gasteiger partial charge >= 0.3 is 12.2 Å². The van der Waals surface area contributed by atoms with E-state index in [0.717, 1.165) is 4.57 Å². The van der Waals surface area contributed by atoms with Crippen LogP contribution in [0.5, 0.6) is 11.5 Å². The van der Waals surface area contributed by atoms with Crippen LogP contribution in [0, 0.1) is 0 Å². The number of anilines is 1. The molecule has 0 aliphatic carbocycles. The molecule has 2 N–H and O–H groups in total. The van der Waals surface area contributed by atoms with Gasteiger partial charge in [-0.05, 0) is 24.3 Å². The van der Waals surface area contributed by atoms with Gasteiger partial charge < -0.3 is 19.8 Å². The Morgan fingerprint density at radius 3 is 2.67 bits per heavy atom. The van der Waals surface area contributed by atoms with Crippen molar-refractivity contribution in [3.8, 4) is 11.5 Å². The van der Waals surface area contributed by atoms with Gasteiger partial charge in [0.05, 0.1) is 24.0 Å². The standard InChI is InChI=1S/C18H15F4N3O2/c1-2-17(19)26-14-5-3-4-10(15(14)27-17)9-25-13-7-6-11(23)8-12(13)24-16(25)18(20,21)22/h3-8H,2,9,23H2,1H3. The highest BCUT2D eigenvalue weighted by Gasteiger charge is 2.42. The smallest absolute Gasteiger partial charge is 0.423 e. The summed E-state index contributed by atoms with van der Waals surface area (Å²) in [5.41, 5.74) is 6.70. The molecule has 0 fully saturated rings. The summed E-state index contributed by atoms with van der Waals surface area (Å²) < 4.78 is 66.4. The molecule has 1 aromatic heterocycles. The summed E-state index contributed by atoms with van der Waals surface area (Å²) in [6, 6.07) is 6.66. The van der Waals surface area contributed by atoms with E-state index in [4.69, 9.17) is 15.2 Å². The lowest BCUT2D eigenvalue weighted by Crippen LogP contribution is -2.31. The number of hydrogen-bond acceptors (Lipinski definition) is 4. The molecule has 2 heterocycles. The highest BCUT2D eigenvalue weighted by atomic mass is 19.4. The van der Waals surface area contributed by atoms with Crippen molar-refractivity contribution in [1.29, 1.82) is 0 Å². The largest absolute Gasteiger partial charge is 0.449 e. The Bertz CT molecular complexity index is 1030. The Morgan fingerprint density at radius 1 is 1.19 bits per heavy atom. The number of nitrogens with zero attached hydrogens (tertiary/aromatic N) is 2. The molecule has 0 bridgehead atoms. The Labute approximate surface area is 151 Å². The monoisotopic (exact) mass is 381 g/mol. The molecule has 0 spiro atoms. The summed E-state index contributed by atoms with van der Waals surface area (Å²) in [5.74, 6) is -0.826. The molecule has 4 rings (SSSR count). The molecule has 1 aliphatic heterocycles. The third-order valence-corrected chi connectivity index (χ3v) is 4.35. The molecule has 0 saturated carbocycles. The maximum absolute atomic E-state index is 14.4. The van der Waals surface area contributed by atoms with Gasteiger partial charge in [-0.3, -0.25) is 0 Å². The van der Waals surface area contributed by atoms with Crippen molar-refractivity contribution in [3.63, 3.8) is 0 Å². The molecule has 0 saturated heterocycles. The fourth-order valence-electron chi connectivity index (χ4n) is 3.06. The Kier molecular flexibility index (Phi) is 3.72. The van der Waals surface area contributed by atoms with E-state index in [1.807, 2.05) is 0 Å². The molecule has 5 nitrogen and oxygen atoms in total. The molecule has 1 atom stereocenters. The zero-order chi connectivity index (χ0) is 19.4. The van der Waals surface area contributed by atoms with Gasteiger partial charge in [-0.2, -0.15) is 17.6 Å². The third kappa shape index (κ3) is 2.92. The highest BCUT2D eigenvalue weighted by Crippen LogP contribution is 2.44. The summed E-state index contributed by atoms with van der Waals surface area (Å²) >= 11 is 0. The first-order valence-corrected chi connectivity index (χ1v) is 8.22. The zero-order valence-corrected chi connectivity index (χ0v) is 14.2. The molecule has 9 heteroatoms. The van der Waals surface area contributed by atoms with Crippen LogP contribution in [0.25, 0.3) is 11.0 Å². The fourth-order valence-corrected chi connectivity index (χ4v) is 3.06. The van der Waals surface area contributed by atoms with E-state index >= 15 is 0 Å². The van der Waals surface area contributed by atoms with Crippen molar-refractivity contribution >= 4 is 16.7 Å². The first-order valence-electron chi connectivity index (χ1n) is 8.22. The number of para-hydroxylation sites is 1. The summed E-state index contributed by atoms with van der Waals surface area (Å²) in [4.78, 5) is 3.69. The molecule has 3 aromatic rings. The molecule has 0 radical (unpaired) electrons. The van der Waals surface area contributed by atoms with Crippen LogP contribution in [-0.2, 0) is 12.7 Å². The molecule has 2 aromatic carbocycles. The van der Waals surface area contributed by atoms with Crippen LogP contribution < -0.4 is 15.2 Å². The molecular formula is C18H15F4N3O2. The number of imidazole rings is 1. The minimum atomic E-state index is -4.67. The van der Waals surface area contributed by atoms with Gasteiger partial charge in [0.15, 0.2) is 11.5 Å². The minimum absolute atomic E-state index is 0.0673. The van der Waals surface area contributed by atoms with E-state index in [0.29, 0.717) is 11.3 Å². The lowest BCUT2D eigenvalue weighted by molar-refractivity contribution is -0.191. The van der Waals surface area contributed by atoms with E-state index in [2.05, 4.69) is 4.98 Å². The Balaban J connectivity index is 1.83. The van der Waals surface area contributed by atoms with Crippen molar-refractivity contribution in [2.45, 2.75) is 32.1 Å². The van der Waals surface area contributed by atoms with Crippen LogP contribution in [0.1, 0.15) is 24.7 Å². The molecule has 0 amide bonds. The second-order valence-corrected chi connectivity index (χ2v) is 6.23. The van der Waals surface area contributed by atoms with E-state index in [-0.39, 0.29) is 35.5 Å². The summed E-state index contributed by atoms with van der Waals surface area (Å²) in [6.45, 7) is 1.32. The fraction of sp³-hybridized carbons (Fsp3) is 0.278. The van der Waals surface area contributed by atoms with E-state index in [1.165, 1.54) is 24.3 Å². The number of halogens is 4. The van der Waals surface area contributed by atoms with Gasteiger partial charge in [0.1, 0.15) is 0 Å². The lowest BCUT2D eigenvalue weighted by atomic mass is 10.1. The van der Waals surface area contributed by atoms with Crippen molar-refractivity contribution < 1.29 is 27.0 Å². The number of rotatable bonds is 3. The van der Waals surface area contributed by atoms with Crippen LogP contribution in [0.2, 0.25) is 0 Å². The van der Waals surface area contributed by atoms with Crippen LogP contribution in [0.4, 0.5) is 23.2 Å². The van der Waals surface area contributed by atoms with Crippen LogP contribution in [0.15, 0.2) is 36.4 Å². The molecule has 1 aliphatic rings. The average molecular weight is 381 g/mol. The van der Waals surface area contributed by atoms with Crippen molar-refractivity contribution in [2.24, 2.45) is 0 Å². The number of nitrogen functional groups attached to an aromatic ring is 1. The minimum Gasteiger partial charge on any atom is -0.423 e. The Hall–Kier alpha value is -2.97. The van der Waals surface area contributed by atoms with Crippen molar-refractivity contribution in [3.05, 3.63) is 47.8 Å². The predicted molar refractivity (Wildman–Crippen MR) is 90.1 cm³/mol. The van der Waals surface area contributed by atoms with E-state index in [1.54, 1.807) is 19.1 Å². The normalized spacial score (nSPS) is 19.0. The molecule has 142 valence electrons. The van der Waals surface area contributed by atoms with Gasteiger partial charge in [-0.1, -0.05) is 19.1 Å². The second kappa shape index (κ2) is 5.77. The van der Waals surface area contributed by atoms with Crippen LogP contribution in [0.3, 0.4) is 0 Å². The number of ether oxygens (including phenoxy) is 2. The van der Waals surface area contributed by atoms with Gasteiger partial charge in [0, 0.05) is 11.3 Å². The van der Waals surface area contributed by atoms with Gasteiger partial charge in [0.25, 0.3) is 0 Å². The number of hydrogen-bond donors (Lipinski definition) is 1. The number of nitrogens with two attached hydrogens (primary N) is 1. The van der Waals surface area contributed by atoms with Crippen LogP contribution in [-0.4, -0.2) is 15.6 Å². The molecule has 1 unspecified atom stereocenters. The number of benzene rings is 2. The van der Waals surface area contributed by atoms with Crippen molar-refractivity contribution in [2.75, 3.05) is 5.73 Å². The first kappa shape index (κ1) is 17.4. The summed E-state index contributed by atoms with van der Waals surface area (Å²) in [5, 5.41) is 0. The van der Waals surface area contributed by atoms with Gasteiger partial charge in [-0.15, -0.1) is 0 Å². The summed E-state index contributed by atoms with van der Waals surface area (Å²) in [6.07, 6.45) is -4.74. The number of fused-ring (bicyclic) bond motifs is 2. The van der Waals surface area contributed by atoms with Gasteiger partial charge in [0.2, 0.25) is 5.82 Å². The maximum atomic E-state index is 14.4. The zero-order valence-electron chi connectivity index (χ0n) is 14.2. The maximum Gasteiger partial charge on any atom is 0.449 e. The topological polar surface area (TPSA) is 62.3 Å². The number of aromatic nitrogens is 2. The molecule has 27 heavy (non-hydrogen) atoms. The number of alkyl halides is 4. The Morgan fingerprint density at radius 2 is 1.96 bits per heavy atom.